The lowest BCUT2D eigenvalue weighted by Crippen LogP contribution is -2.44. The molecule has 23 heavy (non-hydrogen) atoms. The smallest absolute Gasteiger partial charge is 0.269 e. The van der Waals surface area contributed by atoms with Gasteiger partial charge in [-0.2, -0.15) is 0 Å². The zero-order chi connectivity index (χ0) is 17.0. The van der Waals surface area contributed by atoms with E-state index in [-0.39, 0.29) is 10.6 Å². The number of primary sulfonamides is 1. The van der Waals surface area contributed by atoms with Gasteiger partial charge in [0, 0.05) is 38.3 Å². The van der Waals surface area contributed by atoms with Crippen molar-refractivity contribution in [1.29, 1.82) is 0 Å². The van der Waals surface area contributed by atoms with Gasteiger partial charge in [-0.15, -0.1) is 0 Å². The van der Waals surface area contributed by atoms with E-state index in [1.807, 2.05) is 0 Å². The minimum Gasteiger partial charge on any atom is -0.304 e. The monoisotopic (exact) mass is 342 g/mol. The summed E-state index contributed by atoms with van der Waals surface area (Å²) in [5.74, 6) is 0. The number of non-ortho nitro benzene ring substituents is 1. The maximum Gasteiger partial charge on any atom is 0.269 e. The van der Waals surface area contributed by atoms with E-state index in [1.165, 1.54) is 18.2 Å². The van der Waals surface area contributed by atoms with Crippen molar-refractivity contribution in [2.45, 2.75) is 17.7 Å². The molecule has 0 atom stereocenters. The molecule has 1 fully saturated rings. The van der Waals surface area contributed by atoms with Crippen molar-refractivity contribution in [3.8, 4) is 0 Å². The van der Waals surface area contributed by atoms with E-state index < -0.39 is 14.9 Å². The second kappa shape index (κ2) is 7.35. The molecule has 0 radical (unpaired) electrons. The zero-order valence-electron chi connectivity index (χ0n) is 13.1. The Labute approximate surface area is 136 Å². The normalized spacial score (nSPS) is 17.3. The number of nitrogens with two attached hydrogens (primary N) is 1. The summed E-state index contributed by atoms with van der Waals surface area (Å²) < 4.78 is 23.3. The predicted octanol–water partition coefficient (Wildman–Crippen LogP) is 0.422. The molecule has 9 heteroatoms. The number of nitrogens with zero attached hydrogens (tertiary/aromatic N) is 3. The molecule has 0 unspecified atom stereocenters. The molecule has 2 N–H and O–H groups in total. The van der Waals surface area contributed by atoms with Gasteiger partial charge in [0.25, 0.3) is 5.69 Å². The molecular weight excluding hydrogens is 320 g/mol. The second-order valence-electron chi connectivity index (χ2n) is 5.84. The van der Waals surface area contributed by atoms with Crippen LogP contribution in [0.3, 0.4) is 0 Å². The lowest BCUT2D eigenvalue weighted by Gasteiger charge is -2.32. The minimum absolute atomic E-state index is 0.0264. The number of likely N-dealkylation sites (N-methyl/N-ethyl adjacent to an activating group) is 1. The van der Waals surface area contributed by atoms with E-state index >= 15 is 0 Å². The van der Waals surface area contributed by atoms with Crippen molar-refractivity contribution in [2.24, 2.45) is 5.14 Å². The molecule has 0 aliphatic carbocycles. The first-order valence-corrected chi connectivity index (χ1v) is 9.03. The quantitative estimate of drug-likeness (QED) is 0.593. The van der Waals surface area contributed by atoms with Crippen LogP contribution in [0.25, 0.3) is 0 Å². The molecule has 0 bridgehead atoms. The number of hydrogen-bond donors (Lipinski definition) is 1. The zero-order valence-corrected chi connectivity index (χ0v) is 14.0. The summed E-state index contributed by atoms with van der Waals surface area (Å²) in [4.78, 5) is 14.9. The van der Waals surface area contributed by atoms with Crippen LogP contribution in [0, 0.1) is 10.1 Å². The van der Waals surface area contributed by atoms with E-state index in [2.05, 4.69) is 16.8 Å². The van der Waals surface area contributed by atoms with Crippen LogP contribution in [-0.2, 0) is 16.4 Å². The maximum absolute atomic E-state index is 11.6. The summed E-state index contributed by atoms with van der Waals surface area (Å²) in [6, 6.07) is 3.70. The van der Waals surface area contributed by atoms with Crippen LogP contribution in [0.2, 0.25) is 0 Å². The number of nitro groups is 1. The Morgan fingerprint density at radius 2 is 1.91 bits per heavy atom. The third kappa shape index (κ3) is 4.96. The number of sulfonamides is 1. The van der Waals surface area contributed by atoms with Crippen molar-refractivity contribution in [3.63, 3.8) is 0 Å². The van der Waals surface area contributed by atoms with Gasteiger partial charge in [-0.1, -0.05) is 0 Å². The van der Waals surface area contributed by atoms with Crippen LogP contribution in [0.4, 0.5) is 5.69 Å². The average molecular weight is 342 g/mol. The third-order valence-corrected chi connectivity index (χ3v) is 5.09. The van der Waals surface area contributed by atoms with Crippen LogP contribution in [0.5, 0.6) is 0 Å². The minimum atomic E-state index is -3.88. The van der Waals surface area contributed by atoms with Gasteiger partial charge in [0.2, 0.25) is 10.0 Å². The highest BCUT2D eigenvalue weighted by molar-refractivity contribution is 7.89. The van der Waals surface area contributed by atoms with Crippen LogP contribution in [0.1, 0.15) is 12.0 Å². The van der Waals surface area contributed by atoms with Crippen LogP contribution in [-0.4, -0.2) is 62.9 Å². The van der Waals surface area contributed by atoms with Gasteiger partial charge in [-0.05, 0) is 38.1 Å². The average Bonchev–Trinajstić information content (AvgIpc) is 2.48. The standard InChI is InChI=1S/C14H22N4O4S/c1-16-7-9-17(10-8-16)6-2-3-12-11-13(18(19)20)4-5-14(12)23(15,21)22/h4-5,11H,2-3,6-10H2,1H3,(H2,15,21,22). The topological polar surface area (TPSA) is 110 Å². The molecule has 1 heterocycles. The first kappa shape index (κ1) is 17.8. The molecule has 0 amide bonds. The summed E-state index contributed by atoms with van der Waals surface area (Å²) in [6.07, 6.45) is 1.17. The third-order valence-electron chi connectivity index (χ3n) is 4.08. The summed E-state index contributed by atoms with van der Waals surface area (Å²) in [6.45, 7) is 4.82. The van der Waals surface area contributed by atoms with Crippen LogP contribution in [0.15, 0.2) is 23.1 Å². The maximum atomic E-state index is 11.6. The first-order valence-electron chi connectivity index (χ1n) is 7.48. The van der Waals surface area contributed by atoms with Crippen molar-refractivity contribution >= 4 is 15.7 Å². The Hall–Kier alpha value is -1.55. The van der Waals surface area contributed by atoms with E-state index in [9.17, 15) is 18.5 Å². The Balaban J connectivity index is 2.05. The molecule has 2 rings (SSSR count). The number of piperazine rings is 1. The van der Waals surface area contributed by atoms with Gasteiger partial charge in [-0.3, -0.25) is 10.1 Å². The second-order valence-corrected chi connectivity index (χ2v) is 7.37. The SMILES string of the molecule is CN1CCN(CCCc2cc([N+](=O)[O-])ccc2S(N)(=O)=O)CC1. The summed E-state index contributed by atoms with van der Waals surface area (Å²) in [5, 5.41) is 16.1. The molecule has 8 nitrogen and oxygen atoms in total. The molecule has 1 aromatic carbocycles. The predicted molar refractivity (Wildman–Crippen MR) is 86.7 cm³/mol. The molecule has 1 aliphatic heterocycles. The highest BCUT2D eigenvalue weighted by Crippen LogP contribution is 2.22. The molecule has 1 aliphatic rings. The molecule has 0 saturated carbocycles. The molecule has 0 spiro atoms. The number of benzene rings is 1. The molecule has 0 aromatic heterocycles. The lowest BCUT2D eigenvalue weighted by atomic mass is 10.1. The highest BCUT2D eigenvalue weighted by Gasteiger charge is 2.19. The Kier molecular flexibility index (Phi) is 5.69. The Bertz CT molecular complexity index is 669. The molecule has 128 valence electrons. The summed E-state index contributed by atoms with van der Waals surface area (Å²) >= 11 is 0. The molecular formula is C14H22N4O4S. The molecule has 1 saturated heterocycles. The number of hydrogen-bond acceptors (Lipinski definition) is 6. The van der Waals surface area contributed by atoms with Crippen molar-refractivity contribution in [3.05, 3.63) is 33.9 Å². The largest absolute Gasteiger partial charge is 0.304 e. The summed E-state index contributed by atoms with van der Waals surface area (Å²) in [7, 11) is -1.80. The van der Waals surface area contributed by atoms with Gasteiger partial charge in [0.05, 0.1) is 9.82 Å². The Morgan fingerprint density at radius 1 is 1.26 bits per heavy atom. The fourth-order valence-electron chi connectivity index (χ4n) is 2.72. The molecule has 1 aromatic rings. The Morgan fingerprint density at radius 3 is 2.48 bits per heavy atom. The number of nitro benzene ring substituents is 1. The number of aryl methyl sites for hydroxylation is 1. The lowest BCUT2D eigenvalue weighted by molar-refractivity contribution is -0.385. The van der Waals surface area contributed by atoms with E-state index in [4.69, 9.17) is 5.14 Å². The van der Waals surface area contributed by atoms with E-state index in [0.29, 0.717) is 12.0 Å². The van der Waals surface area contributed by atoms with Crippen molar-refractivity contribution < 1.29 is 13.3 Å². The van der Waals surface area contributed by atoms with Gasteiger partial charge in [0.15, 0.2) is 0 Å². The van der Waals surface area contributed by atoms with Crippen molar-refractivity contribution in [1.82, 2.24) is 9.80 Å². The van der Waals surface area contributed by atoms with Gasteiger partial charge >= 0.3 is 0 Å². The highest BCUT2D eigenvalue weighted by atomic mass is 32.2. The van der Waals surface area contributed by atoms with Crippen molar-refractivity contribution in [2.75, 3.05) is 39.8 Å². The fraction of sp³-hybridized carbons (Fsp3) is 0.571. The van der Waals surface area contributed by atoms with Gasteiger partial charge in [-0.25, -0.2) is 13.6 Å². The van der Waals surface area contributed by atoms with Crippen LogP contribution >= 0.6 is 0 Å². The summed E-state index contributed by atoms with van der Waals surface area (Å²) in [5.41, 5.74) is 0.294. The van der Waals surface area contributed by atoms with Gasteiger partial charge < -0.3 is 9.80 Å². The van der Waals surface area contributed by atoms with Crippen LogP contribution < -0.4 is 5.14 Å². The first-order chi connectivity index (χ1) is 10.8. The fourth-order valence-corrected chi connectivity index (χ4v) is 3.50. The van der Waals surface area contributed by atoms with E-state index in [0.717, 1.165) is 39.1 Å². The number of rotatable bonds is 6. The van der Waals surface area contributed by atoms with Gasteiger partial charge in [0.1, 0.15) is 0 Å². The van der Waals surface area contributed by atoms with E-state index in [1.54, 1.807) is 0 Å².